The molecule has 4 nitrogen and oxygen atoms in total. The molecule has 0 spiro atoms. The van der Waals surface area contributed by atoms with E-state index in [4.69, 9.17) is 4.42 Å². The van der Waals surface area contributed by atoms with Gasteiger partial charge in [-0.15, -0.1) is 0 Å². The van der Waals surface area contributed by atoms with Crippen molar-refractivity contribution in [2.75, 3.05) is 5.32 Å². The molecule has 2 aromatic carbocycles. The van der Waals surface area contributed by atoms with Crippen molar-refractivity contribution >= 4 is 28.3 Å². The average molecular weight is 335 g/mol. The topological polar surface area (TPSA) is 59.3 Å². The molecule has 3 rings (SSSR count). The Balaban J connectivity index is 1.98. The Bertz CT molecular complexity index is 949. The molecule has 0 fully saturated rings. The first-order chi connectivity index (χ1) is 11.9. The van der Waals surface area contributed by atoms with Crippen LogP contribution < -0.4 is 5.32 Å². The summed E-state index contributed by atoms with van der Waals surface area (Å²) in [5.74, 6) is 0.0592. The van der Waals surface area contributed by atoms with Crippen LogP contribution in [0.25, 0.3) is 11.0 Å². The van der Waals surface area contributed by atoms with Crippen LogP contribution in [0.15, 0.2) is 46.9 Å². The maximum atomic E-state index is 12.7. The number of hydrogen-bond acceptors (Lipinski definition) is 3. The third-order valence-electron chi connectivity index (χ3n) is 4.25. The van der Waals surface area contributed by atoms with Gasteiger partial charge in [-0.3, -0.25) is 9.59 Å². The Morgan fingerprint density at radius 2 is 1.68 bits per heavy atom. The smallest absolute Gasteiger partial charge is 0.228 e. The van der Waals surface area contributed by atoms with E-state index < -0.39 is 0 Å². The molecule has 1 heterocycles. The molecular weight excluding hydrogens is 314 g/mol. The number of aryl methyl sites for hydroxylation is 2. The van der Waals surface area contributed by atoms with E-state index in [0.29, 0.717) is 22.6 Å². The van der Waals surface area contributed by atoms with Crippen molar-refractivity contribution in [1.82, 2.24) is 0 Å². The monoisotopic (exact) mass is 335 g/mol. The molecule has 0 atom stereocenters. The molecule has 0 aliphatic carbocycles. The highest BCUT2D eigenvalue weighted by molar-refractivity contribution is 6.10. The fourth-order valence-electron chi connectivity index (χ4n) is 2.64. The molecule has 4 heteroatoms. The standard InChI is InChI=1S/C21H21NO3/c1-12(2)21(24)22-16-9-10-18-17(11-16)14(4)20(25-18)19(23)15-7-5-13(3)6-8-15/h5-12H,1-4H3,(H,22,24). The Hall–Kier alpha value is -2.88. The van der Waals surface area contributed by atoms with Gasteiger partial charge in [0.25, 0.3) is 0 Å². The second-order valence-electron chi connectivity index (χ2n) is 6.61. The first kappa shape index (κ1) is 17.0. The third kappa shape index (κ3) is 3.33. The lowest BCUT2D eigenvalue weighted by Gasteiger charge is -2.07. The van der Waals surface area contributed by atoms with E-state index >= 15 is 0 Å². The molecule has 25 heavy (non-hydrogen) atoms. The van der Waals surface area contributed by atoms with Crippen LogP contribution in [-0.2, 0) is 4.79 Å². The van der Waals surface area contributed by atoms with Crippen LogP contribution in [0.1, 0.15) is 41.1 Å². The molecule has 0 aliphatic heterocycles. The highest BCUT2D eigenvalue weighted by Crippen LogP contribution is 2.29. The van der Waals surface area contributed by atoms with Crippen molar-refractivity contribution in [3.63, 3.8) is 0 Å². The molecule has 3 aromatic rings. The van der Waals surface area contributed by atoms with Gasteiger partial charge in [-0.2, -0.15) is 0 Å². The molecule has 0 saturated heterocycles. The van der Waals surface area contributed by atoms with Crippen molar-refractivity contribution in [3.8, 4) is 0 Å². The second-order valence-corrected chi connectivity index (χ2v) is 6.61. The van der Waals surface area contributed by atoms with Gasteiger partial charge in [0, 0.05) is 28.1 Å². The summed E-state index contributed by atoms with van der Waals surface area (Å²) >= 11 is 0. The molecule has 128 valence electrons. The fraction of sp³-hybridized carbons (Fsp3) is 0.238. The molecule has 0 bridgehead atoms. The lowest BCUT2D eigenvalue weighted by atomic mass is 10.0. The first-order valence-corrected chi connectivity index (χ1v) is 8.32. The summed E-state index contributed by atoms with van der Waals surface area (Å²) in [6, 6.07) is 12.8. The van der Waals surface area contributed by atoms with Crippen LogP contribution in [0.2, 0.25) is 0 Å². The molecule has 0 saturated carbocycles. The Kier molecular flexibility index (Phi) is 4.45. The summed E-state index contributed by atoms with van der Waals surface area (Å²) in [6.07, 6.45) is 0. The Morgan fingerprint density at radius 3 is 2.32 bits per heavy atom. The number of hydrogen-bond donors (Lipinski definition) is 1. The Morgan fingerprint density at radius 1 is 1.00 bits per heavy atom. The number of carbonyl (C=O) groups is 2. The number of ketones is 1. The number of rotatable bonds is 4. The average Bonchev–Trinajstić information content (AvgIpc) is 2.91. The zero-order valence-electron chi connectivity index (χ0n) is 14.8. The quantitative estimate of drug-likeness (QED) is 0.692. The molecule has 1 aromatic heterocycles. The van der Waals surface area contributed by atoms with E-state index in [1.54, 1.807) is 24.3 Å². The highest BCUT2D eigenvalue weighted by Gasteiger charge is 2.19. The van der Waals surface area contributed by atoms with Gasteiger partial charge in [0.2, 0.25) is 11.7 Å². The lowest BCUT2D eigenvalue weighted by molar-refractivity contribution is -0.118. The number of furan rings is 1. The van der Waals surface area contributed by atoms with E-state index in [2.05, 4.69) is 5.32 Å². The third-order valence-corrected chi connectivity index (χ3v) is 4.25. The highest BCUT2D eigenvalue weighted by atomic mass is 16.3. The normalized spacial score (nSPS) is 11.1. The maximum Gasteiger partial charge on any atom is 0.228 e. The summed E-state index contributed by atoms with van der Waals surface area (Å²) in [5, 5.41) is 3.70. The molecular formula is C21H21NO3. The van der Waals surface area contributed by atoms with E-state index in [-0.39, 0.29) is 17.6 Å². The number of fused-ring (bicyclic) bond motifs is 1. The SMILES string of the molecule is Cc1ccc(C(=O)c2oc3ccc(NC(=O)C(C)C)cc3c2C)cc1. The number of benzene rings is 2. The second kappa shape index (κ2) is 6.55. The van der Waals surface area contributed by atoms with Crippen molar-refractivity contribution in [3.05, 3.63) is 64.9 Å². The van der Waals surface area contributed by atoms with Gasteiger partial charge in [0.05, 0.1) is 0 Å². The van der Waals surface area contributed by atoms with Crippen LogP contribution in [0.5, 0.6) is 0 Å². The predicted octanol–water partition coefficient (Wildman–Crippen LogP) is 4.88. The van der Waals surface area contributed by atoms with Gasteiger partial charge in [-0.05, 0) is 32.0 Å². The largest absolute Gasteiger partial charge is 0.452 e. The number of amides is 1. The summed E-state index contributed by atoms with van der Waals surface area (Å²) in [5.41, 5.74) is 3.81. The maximum absolute atomic E-state index is 12.7. The summed E-state index contributed by atoms with van der Waals surface area (Å²) in [4.78, 5) is 24.6. The zero-order valence-corrected chi connectivity index (χ0v) is 14.8. The number of nitrogens with one attached hydrogen (secondary N) is 1. The molecule has 0 radical (unpaired) electrons. The minimum atomic E-state index is -0.138. The fourth-order valence-corrected chi connectivity index (χ4v) is 2.64. The van der Waals surface area contributed by atoms with Crippen LogP contribution in [0.3, 0.4) is 0 Å². The van der Waals surface area contributed by atoms with E-state index in [1.807, 2.05) is 45.9 Å². The number of anilines is 1. The van der Waals surface area contributed by atoms with Gasteiger partial charge in [0.1, 0.15) is 5.58 Å². The van der Waals surface area contributed by atoms with E-state index in [9.17, 15) is 9.59 Å². The van der Waals surface area contributed by atoms with Gasteiger partial charge in [-0.25, -0.2) is 0 Å². The molecule has 1 N–H and O–H groups in total. The zero-order chi connectivity index (χ0) is 18.1. The van der Waals surface area contributed by atoms with Crippen molar-refractivity contribution in [1.29, 1.82) is 0 Å². The minimum absolute atomic E-state index is 0.0450. The van der Waals surface area contributed by atoms with Gasteiger partial charge in [0.15, 0.2) is 5.76 Å². The Labute approximate surface area is 146 Å². The predicted molar refractivity (Wildman–Crippen MR) is 99.0 cm³/mol. The van der Waals surface area contributed by atoms with Gasteiger partial charge >= 0.3 is 0 Å². The van der Waals surface area contributed by atoms with Crippen molar-refractivity contribution in [2.24, 2.45) is 5.92 Å². The number of carbonyl (C=O) groups excluding carboxylic acids is 2. The van der Waals surface area contributed by atoms with Gasteiger partial charge in [-0.1, -0.05) is 43.7 Å². The van der Waals surface area contributed by atoms with E-state index in [1.165, 1.54) is 0 Å². The summed E-state index contributed by atoms with van der Waals surface area (Å²) in [6.45, 7) is 7.53. The van der Waals surface area contributed by atoms with Crippen LogP contribution >= 0.6 is 0 Å². The van der Waals surface area contributed by atoms with Crippen molar-refractivity contribution < 1.29 is 14.0 Å². The van der Waals surface area contributed by atoms with E-state index in [0.717, 1.165) is 16.5 Å². The molecule has 1 amide bonds. The minimum Gasteiger partial charge on any atom is -0.452 e. The molecule has 0 unspecified atom stereocenters. The summed E-state index contributed by atoms with van der Waals surface area (Å²) in [7, 11) is 0. The summed E-state index contributed by atoms with van der Waals surface area (Å²) < 4.78 is 5.79. The molecule has 0 aliphatic rings. The lowest BCUT2D eigenvalue weighted by Crippen LogP contribution is -2.17. The van der Waals surface area contributed by atoms with Crippen molar-refractivity contribution in [2.45, 2.75) is 27.7 Å². The van der Waals surface area contributed by atoms with Crippen LogP contribution in [-0.4, -0.2) is 11.7 Å². The first-order valence-electron chi connectivity index (χ1n) is 8.32. The van der Waals surface area contributed by atoms with Crippen LogP contribution in [0, 0.1) is 19.8 Å². The van der Waals surface area contributed by atoms with Crippen LogP contribution in [0.4, 0.5) is 5.69 Å². The van der Waals surface area contributed by atoms with Gasteiger partial charge < -0.3 is 9.73 Å².